The van der Waals surface area contributed by atoms with Crippen molar-refractivity contribution in [2.75, 3.05) is 38.1 Å². The number of amides is 1. The van der Waals surface area contributed by atoms with Crippen molar-refractivity contribution in [3.8, 4) is 23.5 Å². The van der Waals surface area contributed by atoms with E-state index in [1.54, 1.807) is 0 Å². The van der Waals surface area contributed by atoms with Crippen molar-refractivity contribution in [2.24, 2.45) is 0 Å². The number of nitrogens with one attached hydrogen (secondary N) is 2. The van der Waals surface area contributed by atoms with E-state index in [1.165, 1.54) is 22.3 Å². The number of hydrogen-bond acceptors (Lipinski definition) is 4. The minimum Gasteiger partial charge on any atom is -0.448 e. The van der Waals surface area contributed by atoms with Crippen molar-refractivity contribution in [2.45, 2.75) is 12.5 Å². The Bertz CT molecular complexity index is 1160. The van der Waals surface area contributed by atoms with E-state index in [4.69, 9.17) is 11.2 Å². The van der Waals surface area contributed by atoms with Crippen LogP contribution in [0.1, 0.15) is 28.2 Å². The molecule has 166 valence electrons. The lowest BCUT2D eigenvalue weighted by Gasteiger charge is -2.27. The van der Waals surface area contributed by atoms with Crippen molar-refractivity contribution in [3.05, 3.63) is 89.0 Å². The van der Waals surface area contributed by atoms with Gasteiger partial charge in [0, 0.05) is 49.9 Å². The zero-order valence-electron chi connectivity index (χ0n) is 18.5. The first kappa shape index (κ1) is 21.3. The van der Waals surface area contributed by atoms with E-state index < -0.39 is 6.09 Å². The van der Waals surface area contributed by atoms with Crippen LogP contribution >= 0.6 is 0 Å². The maximum absolute atomic E-state index is 12.7. The summed E-state index contributed by atoms with van der Waals surface area (Å²) in [5, 5.41) is 6.24. The van der Waals surface area contributed by atoms with E-state index in [-0.39, 0.29) is 12.5 Å². The molecule has 2 aliphatic rings. The van der Waals surface area contributed by atoms with Crippen LogP contribution in [0.25, 0.3) is 11.1 Å². The molecule has 0 atom stereocenters. The molecule has 33 heavy (non-hydrogen) atoms. The number of ether oxygens (including phenoxy) is 1. The molecule has 1 saturated heterocycles. The summed E-state index contributed by atoms with van der Waals surface area (Å²) in [6, 6.07) is 22.4. The molecule has 1 heterocycles. The smallest absolute Gasteiger partial charge is 0.411 e. The summed E-state index contributed by atoms with van der Waals surface area (Å²) in [6.45, 7) is 5.04. The molecule has 0 saturated carbocycles. The Hall–Kier alpha value is -3.59. The summed E-state index contributed by atoms with van der Waals surface area (Å²) in [5.41, 5.74) is 7.30. The van der Waals surface area contributed by atoms with Gasteiger partial charge in [0.1, 0.15) is 6.61 Å². The number of benzene rings is 3. The Balaban J connectivity index is 1.27. The quantitative estimate of drug-likeness (QED) is 0.580. The van der Waals surface area contributed by atoms with Crippen molar-refractivity contribution >= 4 is 11.8 Å². The molecule has 2 N–H and O–H groups in total. The second kappa shape index (κ2) is 9.50. The van der Waals surface area contributed by atoms with Gasteiger partial charge in [-0.1, -0.05) is 54.5 Å². The van der Waals surface area contributed by atoms with Gasteiger partial charge in [-0.05, 0) is 46.0 Å². The molecule has 1 fully saturated rings. The summed E-state index contributed by atoms with van der Waals surface area (Å²) in [5.74, 6) is 2.72. The third-order valence-corrected chi connectivity index (χ3v) is 6.37. The van der Waals surface area contributed by atoms with Gasteiger partial charge in [-0.2, -0.15) is 0 Å². The van der Waals surface area contributed by atoms with E-state index in [1.807, 2.05) is 42.5 Å². The fourth-order valence-electron chi connectivity index (χ4n) is 4.82. The Labute approximate surface area is 194 Å². The van der Waals surface area contributed by atoms with Crippen LogP contribution in [0.3, 0.4) is 0 Å². The molecule has 1 aliphatic heterocycles. The average Bonchev–Trinajstić information content (AvgIpc) is 3.17. The number of fused-ring (bicyclic) bond motifs is 3. The third-order valence-electron chi connectivity index (χ3n) is 6.37. The Morgan fingerprint density at radius 2 is 1.70 bits per heavy atom. The molecule has 3 aromatic rings. The van der Waals surface area contributed by atoms with Gasteiger partial charge in [0.05, 0.1) is 0 Å². The molecule has 0 unspecified atom stereocenters. The van der Waals surface area contributed by atoms with Gasteiger partial charge >= 0.3 is 6.09 Å². The molecular formula is C28H27N3O2. The minimum atomic E-state index is -0.473. The summed E-state index contributed by atoms with van der Waals surface area (Å²) in [4.78, 5) is 15.1. The van der Waals surface area contributed by atoms with Crippen molar-refractivity contribution in [1.82, 2.24) is 10.2 Å². The number of nitrogens with zero attached hydrogens (tertiary/aromatic N) is 1. The van der Waals surface area contributed by atoms with Crippen LogP contribution < -0.4 is 10.6 Å². The maximum atomic E-state index is 12.7. The predicted molar refractivity (Wildman–Crippen MR) is 131 cm³/mol. The first-order valence-corrected chi connectivity index (χ1v) is 11.4. The van der Waals surface area contributed by atoms with E-state index in [0.717, 1.165) is 43.9 Å². The van der Waals surface area contributed by atoms with Crippen molar-refractivity contribution in [3.63, 3.8) is 0 Å². The maximum Gasteiger partial charge on any atom is 0.411 e. The van der Waals surface area contributed by atoms with Crippen LogP contribution in [0, 0.1) is 12.3 Å². The second-order valence-corrected chi connectivity index (χ2v) is 8.54. The zero-order valence-corrected chi connectivity index (χ0v) is 18.5. The molecule has 0 bridgehead atoms. The third kappa shape index (κ3) is 4.63. The molecule has 3 aromatic carbocycles. The van der Waals surface area contributed by atoms with Crippen LogP contribution in [0.15, 0.2) is 66.7 Å². The van der Waals surface area contributed by atoms with Gasteiger partial charge in [0.2, 0.25) is 0 Å². The normalized spacial score (nSPS) is 15.4. The number of carbonyl (C=O) groups excluding carboxylic acids is 1. The predicted octanol–water partition coefficient (Wildman–Crippen LogP) is 4.43. The van der Waals surface area contributed by atoms with Crippen LogP contribution in [0.5, 0.6) is 0 Å². The number of carbonyl (C=O) groups is 1. The highest BCUT2D eigenvalue weighted by Crippen LogP contribution is 2.44. The fraction of sp³-hybridized carbons (Fsp3) is 0.250. The highest BCUT2D eigenvalue weighted by molar-refractivity contribution is 5.85. The van der Waals surface area contributed by atoms with Gasteiger partial charge in [-0.25, -0.2) is 4.79 Å². The van der Waals surface area contributed by atoms with Gasteiger partial charge < -0.3 is 10.1 Å². The van der Waals surface area contributed by atoms with Crippen molar-refractivity contribution < 1.29 is 9.53 Å². The average molecular weight is 438 g/mol. The van der Waals surface area contributed by atoms with Crippen LogP contribution in [0.2, 0.25) is 0 Å². The lowest BCUT2D eigenvalue weighted by molar-refractivity contribution is 0.158. The molecule has 0 radical (unpaired) electrons. The van der Waals surface area contributed by atoms with Crippen molar-refractivity contribution in [1.29, 1.82) is 0 Å². The van der Waals surface area contributed by atoms with E-state index in [2.05, 4.69) is 45.7 Å². The Morgan fingerprint density at radius 3 is 2.36 bits per heavy atom. The van der Waals surface area contributed by atoms with E-state index in [9.17, 15) is 4.79 Å². The molecule has 5 heteroatoms. The lowest BCUT2D eigenvalue weighted by atomic mass is 9.98. The molecule has 1 amide bonds. The first-order chi connectivity index (χ1) is 16.2. The fourth-order valence-corrected chi connectivity index (χ4v) is 4.82. The number of rotatable bonds is 5. The monoisotopic (exact) mass is 437 g/mol. The van der Waals surface area contributed by atoms with Gasteiger partial charge in [0.15, 0.2) is 0 Å². The topological polar surface area (TPSA) is 53.6 Å². The van der Waals surface area contributed by atoms with Gasteiger partial charge in [0.25, 0.3) is 0 Å². The van der Waals surface area contributed by atoms with Gasteiger partial charge in [-0.3, -0.25) is 10.2 Å². The zero-order chi connectivity index (χ0) is 22.6. The number of piperazine rings is 1. The van der Waals surface area contributed by atoms with E-state index >= 15 is 0 Å². The Kier molecular flexibility index (Phi) is 6.12. The summed E-state index contributed by atoms with van der Waals surface area (Å²) in [7, 11) is 0. The summed E-state index contributed by atoms with van der Waals surface area (Å²) in [6.07, 6.45) is 5.19. The summed E-state index contributed by atoms with van der Waals surface area (Å²) >= 11 is 0. The molecule has 5 nitrogen and oxygen atoms in total. The van der Waals surface area contributed by atoms with Crippen LogP contribution in [0.4, 0.5) is 10.5 Å². The number of anilines is 1. The molecule has 0 spiro atoms. The molecule has 1 aliphatic carbocycles. The molecule has 5 rings (SSSR count). The highest BCUT2D eigenvalue weighted by atomic mass is 16.5. The highest BCUT2D eigenvalue weighted by Gasteiger charge is 2.29. The largest absolute Gasteiger partial charge is 0.448 e. The molecular weight excluding hydrogens is 410 g/mol. The first-order valence-electron chi connectivity index (χ1n) is 11.4. The van der Waals surface area contributed by atoms with Crippen LogP contribution in [-0.2, 0) is 11.3 Å². The second-order valence-electron chi connectivity index (χ2n) is 8.54. The standard InChI is InChI=1S/C28H27N3O2/c1-2-20-15-21(18-31-13-11-29-12-14-31)17-22(16-20)30-28(32)33-19-27-25-9-5-3-7-23(25)24-8-4-6-10-26(24)27/h1,3-10,15-17,27,29H,11-14,18-19H2,(H,30,32). The summed E-state index contributed by atoms with van der Waals surface area (Å²) < 4.78 is 5.69. The lowest BCUT2D eigenvalue weighted by Crippen LogP contribution is -2.42. The van der Waals surface area contributed by atoms with Crippen LogP contribution in [-0.4, -0.2) is 43.8 Å². The van der Waals surface area contributed by atoms with Gasteiger partial charge in [-0.15, -0.1) is 6.42 Å². The molecule has 0 aromatic heterocycles. The van der Waals surface area contributed by atoms with E-state index in [0.29, 0.717) is 5.69 Å². The minimum absolute atomic E-state index is 0.0310. The SMILES string of the molecule is C#Cc1cc(CN2CCNCC2)cc(NC(=O)OCC2c3ccccc3-c3ccccc32)c1. The number of hydrogen-bond donors (Lipinski definition) is 2. The number of terminal acetylenes is 1. The Morgan fingerprint density at radius 1 is 1.03 bits per heavy atom.